The van der Waals surface area contributed by atoms with Gasteiger partial charge in [0.05, 0.1) is 11.6 Å². The van der Waals surface area contributed by atoms with Crippen LogP contribution in [0.5, 0.6) is 0 Å². The van der Waals surface area contributed by atoms with E-state index in [1.165, 1.54) is 0 Å². The van der Waals surface area contributed by atoms with Crippen molar-refractivity contribution < 1.29 is 4.79 Å². The standard InChI is InChI=1S/C20H23N3O/c1-16(2)23(15-17-7-4-3-5-8-17)20(24)11-12-22-19-10-6-9-18(13-19)14-21/h3-10,13,16,22H,11-12,15H2,1-2H3. The first-order valence-electron chi connectivity index (χ1n) is 8.17. The van der Waals surface area contributed by atoms with Crippen molar-refractivity contribution in [3.05, 3.63) is 65.7 Å². The van der Waals surface area contributed by atoms with Crippen LogP contribution in [0.3, 0.4) is 0 Å². The summed E-state index contributed by atoms with van der Waals surface area (Å²) in [4.78, 5) is 14.4. The number of hydrogen-bond acceptors (Lipinski definition) is 3. The summed E-state index contributed by atoms with van der Waals surface area (Å²) >= 11 is 0. The highest BCUT2D eigenvalue weighted by Gasteiger charge is 2.16. The molecule has 1 amide bonds. The van der Waals surface area contributed by atoms with Crippen molar-refractivity contribution >= 4 is 11.6 Å². The van der Waals surface area contributed by atoms with E-state index in [9.17, 15) is 4.79 Å². The monoisotopic (exact) mass is 321 g/mol. The summed E-state index contributed by atoms with van der Waals surface area (Å²) < 4.78 is 0. The number of nitrogens with zero attached hydrogens (tertiary/aromatic N) is 2. The fraction of sp³-hybridized carbons (Fsp3) is 0.300. The van der Waals surface area contributed by atoms with Crippen LogP contribution in [0.4, 0.5) is 5.69 Å². The summed E-state index contributed by atoms with van der Waals surface area (Å²) in [6, 6.07) is 19.6. The van der Waals surface area contributed by atoms with Gasteiger partial charge in [0, 0.05) is 31.2 Å². The average molecular weight is 321 g/mol. The van der Waals surface area contributed by atoms with Crippen LogP contribution >= 0.6 is 0 Å². The molecule has 0 aliphatic carbocycles. The fourth-order valence-corrected chi connectivity index (χ4v) is 2.49. The molecule has 2 aromatic rings. The average Bonchev–Trinajstić information content (AvgIpc) is 2.60. The summed E-state index contributed by atoms with van der Waals surface area (Å²) in [5, 5.41) is 12.1. The quantitative estimate of drug-likeness (QED) is 0.844. The second-order valence-corrected chi connectivity index (χ2v) is 5.97. The second-order valence-electron chi connectivity index (χ2n) is 5.97. The van der Waals surface area contributed by atoms with Gasteiger partial charge in [-0.2, -0.15) is 5.26 Å². The van der Waals surface area contributed by atoms with Gasteiger partial charge < -0.3 is 10.2 Å². The molecule has 0 unspecified atom stereocenters. The first kappa shape index (κ1) is 17.6. The van der Waals surface area contributed by atoms with Crippen molar-refractivity contribution in [3.8, 4) is 6.07 Å². The van der Waals surface area contributed by atoms with E-state index >= 15 is 0 Å². The smallest absolute Gasteiger partial charge is 0.224 e. The van der Waals surface area contributed by atoms with Crippen LogP contribution in [-0.2, 0) is 11.3 Å². The molecule has 0 bridgehead atoms. The number of carbonyl (C=O) groups excluding carboxylic acids is 1. The molecule has 0 saturated heterocycles. The third kappa shape index (κ3) is 5.13. The minimum absolute atomic E-state index is 0.123. The third-order valence-corrected chi connectivity index (χ3v) is 3.80. The van der Waals surface area contributed by atoms with E-state index in [4.69, 9.17) is 5.26 Å². The number of amides is 1. The van der Waals surface area contributed by atoms with Gasteiger partial charge in [-0.05, 0) is 37.6 Å². The molecule has 4 heteroatoms. The van der Waals surface area contributed by atoms with E-state index in [-0.39, 0.29) is 11.9 Å². The zero-order valence-electron chi connectivity index (χ0n) is 14.2. The summed E-state index contributed by atoms with van der Waals surface area (Å²) in [6.07, 6.45) is 0.418. The zero-order chi connectivity index (χ0) is 17.4. The van der Waals surface area contributed by atoms with Crippen LogP contribution in [0.25, 0.3) is 0 Å². The van der Waals surface area contributed by atoms with Crippen molar-refractivity contribution in [1.82, 2.24) is 4.90 Å². The molecule has 0 fully saturated rings. The molecule has 0 aliphatic heterocycles. The number of hydrogen-bond donors (Lipinski definition) is 1. The highest BCUT2D eigenvalue weighted by molar-refractivity contribution is 5.77. The van der Waals surface area contributed by atoms with Crippen molar-refractivity contribution in [2.24, 2.45) is 0 Å². The van der Waals surface area contributed by atoms with Gasteiger partial charge in [0.15, 0.2) is 0 Å². The number of benzene rings is 2. The lowest BCUT2D eigenvalue weighted by Gasteiger charge is -2.27. The molecule has 0 aliphatic rings. The van der Waals surface area contributed by atoms with Gasteiger partial charge in [0.1, 0.15) is 0 Å². The Kier molecular flexibility index (Phi) is 6.39. The van der Waals surface area contributed by atoms with Crippen LogP contribution in [-0.4, -0.2) is 23.4 Å². The van der Waals surface area contributed by atoms with Gasteiger partial charge in [-0.15, -0.1) is 0 Å². The SMILES string of the molecule is CC(C)N(Cc1ccccc1)C(=O)CCNc1cccc(C#N)c1. The molecule has 1 N–H and O–H groups in total. The summed E-state index contributed by atoms with van der Waals surface area (Å²) in [5.41, 5.74) is 2.61. The molecule has 0 aromatic heterocycles. The lowest BCUT2D eigenvalue weighted by atomic mass is 10.1. The van der Waals surface area contributed by atoms with Gasteiger partial charge in [0.25, 0.3) is 0 Å². The van der Waals surface area contributed by atoms with Gasteiger partial charge >= 0.3 is 0 Å². The summed E-state index contributed by atoms with van der Waals surface area (Å²) in [6.45, 7) is 5.24. The van der Waals surface area contributed by atoms with Gasteiger partial charge in [-0.3, -0.25) is 4.79 Å². The Morgan fingerprint density at radius 2 is 1.92 bits per heavy atom. The first-order valence-corrected chi connectivity index (χ1v) is 8.17. The molecule has 0 heterocycles. The second kappa shape index (κ2) is 8.73. The van der Waals surface area contributed by atoms with E-state index < -0.39 is 0 Å². The third-order valence-electron chi connectivity index (χ3n) is 3.80. The maximum Gasteiger partial charge on any atom is 0.224 e. The number of carbonyl (C=O) groups is 1. The van der Waals surface area contributed by atoms with Gasteiger partial charge in [-0.1, -0.05) is 36.4 Å². The van der Waals surface area contributed by atoms with Crippen molar-refractivity contribution in [1.29, 1.82) is 5.26 Å². The van der Waals surface area contributed by atoms with Crippen LogP contribution in [0, 0.1) is 11.3 Å². The Labute approximate surface area is 143 Å². The van der Waals surface area contributed by atoms with Crippen molar-refractivity contribution in [3.63, 3.8) is 0 Å². The van der Waals surface area contributed by atoms with Crippen LogP contribution in [0.15, 0.2) is 54.6 Å². The van der Waals surface area contributed by atoms with Crippen LogP contribution in [0.1, 0.15) is 31.4 Å². The Balaban J connectivity index is 1.90. The lowest BCUT2D eigenvalue weighted by molar-refractivity contribution is -0.133. The number of nitrogens with one attached hydrogen (secondary N) is 1. The normalized spacial score (nSPS) is 10.2. The van der Waals surface area contributed by atoms with Gasteiger partial charge in [-0.25, -0.2) is 0 Å². The molecule has 0 radical (unpaired) electrons. The van der Waals surface area contributed by atoms with Crippen LogP contribution < -0.4 is 5.32 Å². The predicted octanol–water partition coefficient (Wildman–Crippen LogP) is 3.80. The number of nitriles is 1. The first-order chi connectivity index (χ1) is 11.6. The lowest BCUT2D eigenvalue weighted by Crippen LogP contribution is -2.37. The molecule has 2 rings (SSSR count). The molecular formula is C20H23N3O. The predicted molar refractivity (Wildman–Crippen MR) is 96.4 cm³/mol. The van der Waals surface area contributed by atoms with E-state index in [1.807, 2.05) is 61.2 Å². The molecule has 0 spiro atoms. The van der Waals surface area contributed by atoms with E-state index in [1.54, 1.807) is 12.1 Å². The number of anilines is 1. The Hall–Kier alpha value is -2.80. The molecule has 0 saturated carbocycles. The van der Waals surface area contributed by atoms with Gasteiger partial charge in [0.2, 0.25) is 5.91 Å². The largest absolute Gasteiger partial charge is 0.384 e. The molecule has 24 heavy (non-hydrogen) atoms. The summed E-state index contributed by atoms with van der Waals surface area (Å²) in [7, 11) is 0. The molecule has 2 aromatic carbocycles. The topological polar surface area (TPSA) is 56.1 Å². The minimum atomic E-state index is 0.123. The van der Waals surface area contributed by atoms with E-state index in [0.717, 1.165) is 11.3 Å². The van der Waals surface area contributed by atoms with E-state index in [2.05, 4.69) is 11.4 Å². The molecular weight excluding hydrogens is 298 g/mol. The maximum atomic E-state index is 12.5. The fourth-order valence-electron chi connectivity index (χ4n) is 2.49. The molecule has 0 atom stereocenters. The van der Waals surface area contributed by atoms with Crippen molar-refractivity contribution in [2.45, 2.75) is 32.9 Å². The molecule has 4 nitrogen and oxygen atoms in total. The molecule has 124 valence electrons. The summed E-state index contributed by atoms with van der Waals surface area (Å²) in [5.74, 6) is 0.123. The maximum absolute atomic E-state index is 12.5. The van der Waals surface area contributed by atoms with E-state index in [0.29, 0.717) is 25.1 Å². The Morgan fingerprint density at radius 3 is 2.58 bits per heavy atom. The Morgan fingerprint density at radius 1 is 1.17 bits per heavy atom. The number of rotatable bonds is 7. The highest BCUT2D eigenvalue weighted by Crippen LogP contribution is 2.12. The van der Waals surface area contributed by atoms with Crippen LogP contribution in [0.2, 0.25) is 0 Å². The highest BCUT2D eigenvalue weighted by atomic mass is 16.2. The minimum Gasteiger partial charge on any atom is -0.384 e. The Bertz CT molecular complexity index is 704. The zero-order valence-corrected chi connectivity index (χ0v) is 14.2. The van der Waals surface area contributed by atoms with Crippen molar-refractivity contribution in [2.75, 3.05) is 11.9 Å².